The van der Waals surface area contributed by atoms with E-state index in [0.29, 0.717) is 5.15 Å². The van der Waals surface area contributed by atoms with Crippen molar-refractivity contribution in [3.63, 3.8) is 0 Å². The first-order valence-electron chi connectivity index (χ1n) is 3.46. The maximum Gasteiger partial charge on any atom is 0.153 e. The van der Waals surface area contributed by atoms with Gasteiger partial charge in [-0.05, 0) is 6.07 Å². The summed E-state index contributed by atoms with van der Waals surface area (Å²) in [7, 11) is 0. The summed E-state index contributed by atoms with van der Waals surface area (Å²) in [6.45, 7) is 0. The highest BCUT2D eigenvalue weighted by atomic mass is 35.5. The van der Waals surface area contributed by atoms with Crippen molar-refractivity contribution in [2.24, 2.45) is 0 Å². The fourth-order valence-electron chi connectivity index (χ4n) is 0.921. The van der Waals surface area contributed by atoms with Gasteiger partial charge in [-0.25, -0.2) is 9.97 Å². The number of halogens is 1. The molecule has 0 fully saturated rings. The molecule has 2 heterocycles. The van der Waals surface area contributed by atoms with Crippen LogP contribution in [0.1, 0.15) is 0 Å². The van der Waals surface area contributed by atoms with Crippen molar-refractivity contribution in [3.05, 3.63) is 17.4 Å². The molecule has 0 radical (unpaired) electrons. The van der Waals surface area contributed by atoms with Gasteiger partial charge in [-0.2, -0.15) is 0 Å². The Hall–Kier alpha value is -0.360. The minimum Gasteiger partial charge on any atom is -0.385 e. The van der Waals surface area contributed by atoms with E-state index in [4.69, 9.17) is 16.7 Å². The van der Waals surface area contributed by atoms with E-state index < -0.39 is 0 Å². The van der Waals surface area contributed by atoms with Crippen LogP contribution in [0, 0.1) is 0 Å². The number of nitrogens with zero attached hydrogens (tertiary/aromatic N) is 2. The topological polar surface area (TPSA) is 46.0 Å². The van der Waals surface area contributed by atoms with Gasteiger partial charge in [0, 0.05) is 6.20 Å². The molecule has 0 bridgehead atoms. The van der Waals surface area contributed by atoms with Crippen molar-refractivity contribution < 1.29 is 5.11 Å². The van der Waals surface area contributed by atoms with Crippen LogP contribution in [0.3, 0.4) is 0 Å². The third-order valence-electron chi connectivity index (χ3n) is 1.43. The Kier molecular flexibility index (Phi) is 2.69. The van der Waals surface area contributed by atoms with E-state index in [1.807, 2.05) is 0 Å². The van der Waals surface area contributed by atoms with Crippen LogP contribution in [0.25, 0.3) is 10.2 Å². The number of thiazole rings is 1. The van der Waals surface area contributed by atoms with Gasteiger partial charge in [0.25, 0.3) is 0 Å². The summed E-state index contributed by atoms with van der Waals surface area (Å²) in [6.07, 6.45) is 1.62. The van der Waals surface area contributed by atoms with Crippen LogP contribution in [0.4, 0.5) is 0 Å². The number of thioether (sulfide) groups is 1. The number of rotatable bonds is 2. The van der Waals surface area contributed by atoms with Gasteiger partial charge in [-0.15, -0.1) is 11.3 Å². The van der Waals surface area contributed by atoms with E-state index in [1.165, 1.54) is 23.1 Å². The van der Waals surface area contributed by atoms with Crippen LogP contribution in [0.15, 0.2) is 16.6 Å². The molecule has 2 aromatic rings. The molecule has 0 spiro atoms. The van der Waals surface area contributed by atoms with Gasteiger partial charge in [-0.1, -0.05) is 23.4 Å². The summed E-state index contributed by atoms with van der Waals surface area (Å²) >= 11 is 8.59. The molecule has 3 nitrogen and oxygen atoms in total. The molecule has 2 rings (SSSR count). The summed E-state index contributed by atoms with van der Waals surface area (Å²) in [5.41, 5.74) is 0.834. The molecule has 0 aromatic carbocycles. The molecule has 68 valence electrons. The highest BCUT2D eigenvalue weighted by Crippen LogP contribution is 2.32. The smallest absolute Gasteiger partial charge is 0.153 e. The Balaban J connectivity index is 2.55. The van der Waals surface area contributed by atoms with Gasteiger partial charge < -0.3 is 5.11 Å². The molecule has 0 aliphatic rings. The van der Waals surface area contributed by atoms with Crippen molar-refractivity contribution in [2.75, 3.05) is 5.94 Å². The lowest BCUT2D eigenvalue weighted by Gasteiger charge is -1.86. The Bertz CT molecular complexity index is 431. The lowest BCUT2D eigenvalue weighted by Crippen LogP contribution is -1.74. The molecule has 0 aliphatic carbocycles. The lowest BCUT2D eigenvalue weighted by atomic mass is 10.4. The number of hydrogen-bond acceptors (Lipinski definition) is 5. The van der Waals surface area contributed by atoms with E-state index in [0.717, 1.165) is 14.6 Å². The Labute approximate surface area is 87.8 Å². The van der Waals surface area contributed by atoms with Crippen LogP contribution in [0.2, 0.25) is 5.15 Å². The van der Waals surface area contributed by atoms with Gasteiger partial charge in [0.2, 0.25) is 0 Å². The second-order valence-corrected chi connectivity index (χ2v) is 4.75. The van der Waals surface area contributed by atoms with Gasteiger partial charge in [0.15, 0.2) is 4.34 Å². The monoisotopic (exact) mass is 232 g/mol. The summed E-state index contributed by atoms with van der Waals surface area (Å²) in [5.74, 6) is 0.0326. The number of fused-ring (bicyclic) bond motifs is 1. The van der Waals surface area contributed by atoms with Gasteiger partial charge in [0.05, 0.1) is 16.2 Å². The second kappa shape index (κ2) is 3.79. The molecule has 0 unspecified atom stereocenters. The van der Waals surface area contributed by atoms with Gasteiger partial charge >= 0.3 is 0 Å². The predicted octanol–water partition coefficient (Wildman–Crippen LogP) is 2.39. The van der Waals surface area contributed by atoms with Crippen LogP contribution in [-0.2, 0) is 0 Å². The normalized spacial score (nSPS) is 10.9. The predicted molar refractivity (Wildman–Crippen MR) is 55.4 cm³/mol. The van der Waals surface area contributed by atoms with Gasteiger partial charge in [0.1, 0.15) is 5.15 Å². The first kappa shape index (κ1) is 9.21. The molecule has 0 aliphatic heterocycles. The standard InChI is InChI=1S/C7H5ClN2OS2/c8-6-5-4(1-2-9-6)10-7(13-5)12-3-11/h1-2,11H,3H2. The Morgan fingerprint density at radius 1 is 1.62 bits per heavy atom. The third-order valence-corrected chi connectivity index (χ3v) is 3.77. The highest BCUT2D eigenvalue weighted by Gasteiger charge is 2.06. The maximum atomic E-state index is 8.70. The average molecular weight is 233 g/mol. The van der Waals surface area contributed by atoms with E-state index in [2.05, 4.69) is 9.97 Å². The molecule has 13 heavy (non-hydrogen) atoms. The molecular formula is C7H5ClN2OS2. The van der Waals surface area contributed by atoms with Crippen molar-refractivity contribution >= 4 is 44.9 Å². The van der Waals surface area contributed by atoms with Crippen molar-refractivity contribution in [3.8, 4) is 0 Å². The molecule has 0 saturated heterocycles. The second-order valence-electron chi connectivity index (χ2n) is 2.20. The molecule has 1 N–H and O–H groups in total. The van der Waals surface area contributed by atoms with E-state index >= 15 is 0 Å². The summed E-state index contributed by atoms with van der Waals surface area (Å²) < 4.78 is 1.69. The number of pyridine rings is 1. The Morgan fingerprint density at radius 3 is 3.15 bits per heavy atom. The minimum absolute atomic E-state index is 0.0326. The zero-order chi connectivity index (χ0) is 9.26. The van der Waals surface area contributed by atoms with Crippen LogP contribution >= 0.6 is 34.7 Å². The number of aromatic nitrogens is 2. The number of hydrogen-bond donors (Lipinski definition) is 1. The summed E-state index contributed by atoms with van der Waals surface area (Å²) in [4.78, 5) is 8.21. The fraction of sp³-hybridized carbons (Fsp3) is 0.143. The van der Waals surface area contributed by atoms with E-state index in [9.17, 15) is 0 Å². The largest absolute Gasteiger partial charge is 0.385 e. The van der Waals surface area contributed by atoms with Crippen LogP contribution in [0.5, 0.6) is 0 Å². The molecular weight excluding hydrogens is 228 g/mol. The minimum atomic E-state index is 0.0326. The quantitative estimate of drug-likeness (QED) is 0.491. The molecule has 0 saturated carbocycles. The first-order chi connectivity index (χ1) is 6.31. The fourth-order valence-corrected chi connectivity index (χ4v) is 2.78. The Morgan fingerprint density at radius 2 is 2.46 bits per heavy atom. The lowest BCUT2D eigenvalue weighted by molar-refractivity contribution is 0.375. The van der Waals surface area contributed by atoms with Crippen LogP contribution in [-0.4, -0.2) is 21.0 Å². The summed E-state index contributed by atoms with van der Waals surface area (Å²) in [6, 6.07) is 1.80. The highest BCUT2D eigenvalue weighted by molar-refractivity contribution is 8.00. The zero-order valence-electron chi connectivity index (χ0n) is 6.40. The molecule has 2 aromatic heterocycles. The molecule has 0 atom stereocenters. The van der Waals surface area contributed by atoms with Crippen molar-refractivity contribution in [2.45, 2.75) is 4.34 Å². The van der Waals surface area contributed by atoms with E-state index in [-0.39, 0.29) is 5.94 Å². The molecule has 6 heteroatoms. The van der Waals surface area contributed by atoms with E-state index in [1.54, 1.807) is 12.3 Å². The SMILES string of the molecule is OCSc1nc2ccnc(Cl)c2s1. The number of aliphatic hydroxyl groups excluding tert-OH is 1. The zero-order valence-corrected chi connectivity index (χ0v) is 8.79. The first-order valence-corrected chi connectivity index (χ1v) is 5.64. The number of aliphatic hydroxyl groups is 1. The molecule has 0 amide bonds. The van der Waals surface area contributed by atoms with Crippen LogP contribution < -0.4 is 0 Å². The maximum absolute atomic E-state index is 8.70. The summed E-state index contributed by atoms with van der Waals surface area (Å²) in [5, 5.41) is 9.17. The van der Waals surface area contributed by atoms with Gasteiger partial charge in [-0.3, -0.25) is 0 Å². The van der Waals surface area contributed by atoms with Crippen molar-refractivity contribution in [1.82, 2.24) is 9.97 Å². The van der Waals surface area contributed by atoms with Crippen molar-refractivity contribution in [1.29, 1.82) is 0 Å². The average Bonchev–Trinajstić information content (AvgIpc) is 2.49. The third kappa shape index (κ3) is 1.78.